The molecule has 0 saturated heterocycles. The first-order valence-corrected chi connectivity index (χ1v) is 6.57. The van der Waals surface area contributed by atoms with Gasteiger partial charge in [0.1, 0.15) is 5.75 Å². The van der Waals surface area contributed by atoms with Crippen LogP contribution in [-0.2, 0) is 6.54 Å². The Balaban J connectivity index is 2.36. The van der Waals surface area contributed by atoms with Gasteiger partial charge in [-0.05, 0) is 43.9 Å². The summed E-state index contributed by atoms with van der Waals surface area (Å²) in [5.41, 5.74) is 1.31. The summed E-state index contributed by atoms with van der Waals surface area (Å²) in [5.74, 6) is 1.70. The molecule has 0 amide bonds. The van der Waals surface area contributed by atoms with Crippen LogP contribution in [0.1, 0.15) is 39.7 Å². The minimum Gasteiger partial charge on any atom is -0.494 e. The van der Waals surface area contributed by atoms with Gasteiger partial charge in [-0.25, -0.2) is 0 Å². The van der Waals surface area contributed by atoms with Crippen molar-refractivity contribution in [1.29, 1.82) is 0 Å². The van der Waals surface area contributed by atoms with Gasteiger partial charge in [0.05, 0.1) is 6.61 Å². The normalized spacial score (nSPS) is 12.8. The Morgan fingerprint density at radius 1 is 1.12 bits per heavy atom. The summed E-state index contributed by atoms with van der Waals surface area (Å²) in [6.07, 6.45) is 1.22. The molecule has 1 rings (SSSR count). The minimum absolute atomic E-state index is 0.571. The molecule has 0 aromatic heterocycles. The summed E-state index contributed by atoms with van der Waals surface area (Å²) >= 11 is 0. The molecule has 1 unspecified atom stereocenters. The molecule has 1 N–H and O–H groups in total. The van der Waals surface area contributed by atoms with E-state index in [0.29, 0.717) is 6.04 Å². The van der Waals surface area contributed by atoms with Crippen LogP contribution in [0.5, 0.6) is 5.75 Å². The Morgan fingerprint density at radius 3 is 2.29 bits per heavy atom. The Kier molecular flexibility index (Phi) is 6.06. The van der Waals surface area contributed by atoms with E-state index in [9.17, 15) is 0 Å². The van der Waals surface area contributed by atoms with Crippen molar-refractivity contribution in [1.82, 2.24) is 5.32 Å². The molecule has 0 bridgehead atoms. The van der Waals surface area contributed by atoms with Gasteiger partial charge in [-0.2, -0.15) is 0 Å². The van der Waals surface area contributed by atoms with Crippen LogP contribution >= 0.6 is 0 Å². The Morgan fingerprint density at radius 2 is 1.76 bits per heavy atom. The molecule has 2 heteroatoms. The second kappa shape index (κ2) is 7.33. The minimum atomic E-state index is 0.571. The van der Waals surface area contributed by atoms with Crippen molar-refractivity contribution in [3.8, 4) is 5.75 Å². The topological polar surface area (TPSA) is 21.3 Å². The third kappa shape index (κ3) is 5.73. The van der Waals surface area contributed by atoms with E-state index in [2.05, 4.69) is 38.2 Å². The van der Waals surface area contributed by atoms with Crippen molar-refractivity contribution in [3.05, 3.63) is 29.8 Å². The molecule has 1 aromatic carbocycles. The molecule has 17 heavy (non-hydrogen) atoms. The van der Waals surface area contributed by atoms with E-state index < -0.39 is 0 Å². The molecule has 1 atom stereocenters. The number of nitrogens with one attached hydrogen (secondary N) is 1. The molecular weight excluding hydrogens is 210 g/mol. The average Bonchev–Trinajstić information content (AvgIpc) is 2.28. The van der Waals surface area contributed by atoms with E-state index in [4.69, 9.17) is 4.74 Å². The molecule has 0 saturated carbocycles. The SMILES string of the molecule is CCOc1ccc(CNC(C)CC(C)C)cc1. The summed E-state index contributed by atoms with van der Waals surface area (Å²) in [6, 6.07) is 8.89. The van der Waals surface area contributed by atoms with Crippen LogP contribution in [0.15, 0.2) is 24.3 Å². The van der Waals surface area contributed by atoms with E-state index in [1.54, 1.807) is 0 Å². The van der Waals surface area contributed by atoms with E-state index in [0.717, 1.165) is 24.8 Å². The van der Waals surface area contributed by atoms with Crippen LogP contribution < -0.4 is 10.1 Å². The third-order valence-corrected chi connectivity index (χ3v) is 2.71. The highest BCUT2D eigenvalue weighted by Crippen LogP contribution is 2.12. The first-order chi connectivity index (χ1) is 8.11. The second-order valence-corrected chi connectivity index (χ2v) is 4.99. The molecule has 0 aliphatic heterocycles. The number of rotatable bonds is 7. The largest absolute Gasteiger partial charge is 0.494 e. The molecule has 0 heterocycles. The van der Waals surface area contributed by atoms with E-state index >= 15 is 0 Å². The van der Waals surface area contributed by atoms with Crippen LogP contribution in [0, 0.1) is 5.92 Å². The van der Waals surface area contributed by atoms with Gasteiger partial charge in [-0.1, -0.05) is 26.0 Å². The average molecular weight is 235 g/mol. The first-order valence-electron chi connectivity index (χ1n) is 6.57. The quantitative estimate of drug-likeness (QED) is 0.779. The fourth-order valence-electron chi connectivity index (χ4n) is 1.95. The van der Waals surface area contributed by atoms with Crippen LogP contribution in [0.25, 0.3) is 0 Å². The Bertz CT molecular complexity index is 305. The fraction of sp³-hybridized carbons (Fsp3) is 0.600. The lowest BCUT2D eigenvalue weighted by atomic mass is 10.1. The van der Waals surface area contributed by atoms with Crippen LogP contribution in [0.2, 0.25) is 0 Å². The summed E-state index contributed by atoms with van der Waals surface area (Å²) in [5, 5.41) is 3.54. The molecule has 2 nitrogen and oxygen atoms in total. The van der Waals surface area contributed by atoms with E-state index in [1.807, 2.05) is 19.1 Å². The van der Waals surface area contributed by atoms with Crippen molar-refractivity contribution in [3.63, 3.8) is 0 Å². The summed E-state index contributed by atoms with van der Waals surface area (Å²) in [6.45, 7) is 10.4. The highest BCUT2D eigenvalue weighted by molar-refractivity contribution is 5.27. The predicted molar refractivity (Wildman–Crippen MR) is 73.4 cm³/mol. The number of benzene rings is 1. The Hall–Kier alpha value is -1.02. The van der Waals surface area contributed by atoms with E-state index in [-0.39, 0.29) is 0 Å². The monoisotopic (exact) mass is 235 g/mol. The molecule has 0 radical (unpaired) electrons. The molecule has 0 aliphatic rings. The maximum Gasteiger partial charge on any atom is 0.119 e. The van der Waals surface area contributed by atoms with E-state index in [1.165, 1.54) is 12.0 Å². The second-order valence-electron chi connectivity index (χ2n) is 4.99. The first kappa shape index (κ1) is 14.0. The zero-order valence-corrected chi connectivity index (χ0v) is 11.5. The van der Waals surface area contributed by atoms with Crippen molar-refractivity contribution in [2.45, 2.75) is 46.7 Å². The van der Waals surface area contributed by atoms with Gasteiger partial charge in [-0.3, -0.25) is 0 Å². The molecule has 0 fully saturated rings. The van der Waals surface area contributed by atoms with Crippen molar-refractivity contribution < 1.29 is 4.74 Å². The van der Waals surface area contributed by atoms with Crippen LogP contribution in [0.3, 0.4) is 0 Å². The molecule has 96 valence electrons. The number of hydrogen-bond acceptors (Lipinski definition) is 2. The predicted octanol–water partition coefficient (Wildman–Crippen LogP) is 3.61. The molecule has 1 aromatic rings. The lowest BCUT2D eigenvalue weighted by Crippen LogP contribution is -2.26. The highest BCUT2D eigenvalue weighted by atomic mass is 16.5. The van der Waals surface area contributed by atoms with Gasteiger partial charge < -0.3 is 10.1 Å². The maximum absolute atomic E-state index is 5.42. The fourth-order valence-corrected chi connectivity index (χ4v) is 1.95. The van der Waals surface area contributed by atoms with Crippen molar-refractivity contribution in [2.75, 3.05) is 6.61 Å². The number of hydrogen-bond donors (Lipinski definition) is 1. The van der Waals surface area contributed by atoms with Gasteiger partial charge in [-0.15, -0.1) is 0 Å². The van der Waals surface area contributed by atoms with Crippen LogP contribution in [-0.4, -0.2) is 12.6 Å². The van der Waals surface area contributed by atoms with Gasteiger partial charge in [0.2, 0.25) is 0 Å². The van der Waals surface area contributed by atoms with Crippen molar-refractivity contribution in [2.24, 2.45) is 5.92 Å². The summed E-state index contributed by atoms with van der Waals surface area (Å²) in [7, 11) is 0. The van der Waals surface area contributed by atoms with Gasteiger partial charge in [0.15, 0.2) is 0 Å². The summed E-state index contributed by atoms with van der Waals surface area (Å²) < 4.78 is 5.42. The van der Waals surface area contributed by atoms with Gasteiger partial charge in [0, 0.05) is 12.6 Å². The van der Waals surface area contributed by atoms with Gasteiger partial charge >= 0.3 is 0 Å². The smallest absolute Gasteiger partial charge is 0.119 e. The third-order valence-electron chi connectivity index (χ3n) is 2.71. The molecular formula is C15H25NO. The highest BCUT2D eigenvalue weighted by Gasteiger charge is 2.04. The van der Waals surface area contributed by atoms with Crippen LogP contribution in [0.4, 0.5) is 0 Å². The zero-order valence-electron chi connectivity index (χ0n) is 11.5. The lowest BCUT2D eigenvalue weighted by molar-refractivity contribution is 0.340. The molecule has 0 aliphatic carbocycles. The van der Waals surface area contributed by atoms with Gasteiger partial charge in [0.25, 0.3) is 0 Å². The molecule has 0 spiro atoms. The standard InChI is InChI=1S/C15H25NO/c1-5-17-15-8-6-14(7-9-15)11-16-13(4)10-12(2)3/h6-9,12-13,16H,5,10-11H2,1-4H3. The zero-order chi connectivity index (χ0) is 12.7. The maximum atomic E-state index is 5.42. The summed E-state index contributed by atoms with van der Waals surface area (Å²) in [4.78, 5) is 0. The lowest BCUT2D eigenvalue weighted by Gasteiger charge is -2.16. The number of ether oxygens (including phenoxy) is 1. The van der Waals surface area contributed by atoms with Crippen molar-refractivity contribution >= 4 is 0 Å². The Labute approximate surface area is 105 Å².